The Morgan fingerprint density at radius 1 is 0.792 bits per heavy atom. The molecule has 0 aromatic heterocycles. The van der Waals surface area contributed by atoms with Crippen molar-refractivity contribution < 1.29 is 0 Å². The second-order valence-electron chi connectivity index (χ2n) is 7.68. The van der Waals surface area contributed by atoms with Gasteiger partial charge in [-0.25, -0.2) is 0 Å². The third-order valence-corrected chi connectivity index (χ3v) is 5.76. The van der Waals surface area contributed by atoms with Crippen LogP contribution in [-0.2, 0) is 6.42 Å². The SMILES string of the molecule is C[Si](C)(C)C/C(=C/Cc1cccc2ccccc12)c1ccccc1. The first-order valence-corrected chi connectivity index (χ1v) is 12.4. The molecule has 0 nitrogen and oxygen atoms in total. The predicted octanol–water partition coefficient (Wildman–Crippen LogP) is 6.80. The van der Waals surface area contributed by atoms with Crippen molar-refractivity contribution in [3.8, 4) is 0 Å². The van der Waals surface area contributed by atoms with Crippen LogP contribution in [0.1, 0.15) is 11.1 Å². The molecule has 3 rings (SSSR count). The first kappa shape index (κ1) is 16.7. The molecule has 0 bridgehead atoms. The topological polar surface area (TPSA) is 0 Å². The van der Waals surface area contributed by atoms with Gasteiger partial charge in [-0.1, -0.05) is 98.5 Å². The molecule has 0 amide bonds. The largest absolute Gasteiger partial charge is 0.0766 e. The summed E-state index contributed by atoms with van der Waals surface area (Å²) in [6.07, 6.45) is 3.45. The standard InChI is InChI=1S/C23H26Si/c1-24(2,3)18-22(19-10-5-4-6-11-19)17-16-21-14-9-13-20-12-7-8-15-23(20)21/h4-15,17H,16,18H2,1-3H3/b22-17-. The first-order chi connectivity index (χ1) is 11.5. The van der Waals surface area contributed by atoms with Gasteiger partial charge >= 0.3 is 0 Å². The van der Waals surface area contributed by atoms with E-state index in [4.69, 9.17) is 0 Å². The van der Waals surface area contributed by atoms with Gasteiger partial charge < -0.3 is 0 Å². The molecule has 3 aromatic carbocycles. The number of hydrogen-bond acceptors (Lipinski definition) is 0. The highest BCUT2D eigenvalue weighted by molar-refractivity contribution is 6.77. The van der Waals surface area contributed by atoms with E-state index in [-0.39, 0.29) is 0 Å². The molecule has 0 radical (unpaired) electrons. The molecule has 0 heterocycles. The van der Waals surface area contributed by atoms with Crippen molar-refractivity contribution in [1.29, 1.82) is 0 Å². The fourth-order valence-electron chi connectivity index (χ4n) is 3.22. The summed E-state index contributed by atoms with van der Waals surface area (Å²) in [4.78, 5) is 0. The number of rotatable bonds is 5. The van der Waals surface area contributed by atoms with E-state index in [2.05, 4.69) is 98.5 Å². The Kier molecular flexibility index (Phi) is 5.01. The average molecular weight is 331 g/mol. The van der Waals surface area contributed by atoms with Crippen molar-refractivity contribution in [2.75, 3.05) is 0 Å². The Hall–Kier alpha value is -2.12. The van der Waals surface area contributed by atoms with Crippen LogP contribution in [0.15, 0.2) is 78.9 Å². The Labute approximate surface area is 146 Å². The number of fused-ring (bicyclic) bond motifs is 1. The van der Waals surface area contributed by atoms with E-state index in [0.717, 1.165) is 6.42 Å². The molecular weight excluding hydrogens is 304 g/mol. The van der Waals surface area contributed by atoms with Crippen LogP contribution in [-0.4, -0.2) is 8.07 Å². The van der Waals surface area contributed by atoms with Crippen molar-refractivity contribution in [2.24, 2.45) is 0 Å². The van der Waals surface area contributed by atoms with Crippen LogP contribution in [0.4, 0.5) is 0 Å². The highest BCUT2D eigenvalue weighted by atomic mass is 28.3. The summed E-state index contributed by atoms with van der Waals surface area (Å²) >= 11 is 0. The molecule has 0 aliphatic rings. The lowest BCUT2D eigenvalue weighted by Crippen LogP contribution is -2.19. The van der Waals surface area contributed by atoms with Gasteiger partial charge in [-0.3, -0.25) is 0 Å². The van der Waals surface area contributed by atoms with Gasteiger partial charge in [0.05, 0.1) is 0 Å². The minimum atomic E-state index is -1.16. The second-order valence-corrected chi connectivity index (χ2v) is 13.2. The van der Waals surface area contributed by atoms with Gasteiger partial charge in [0.2, 0.25) is 0 Å². The monoisotopic (exact) mass is 330 g/mol. The highest BCUT2D eigenvalue weighted by Crippen LogP contribution is 2.27. The molecule has 0 N–H and O–H groups in total. The molecule has 0 fully saturated rings. The van der Waals surface area contributed by atoms with E-state index in [1.54, 1.807) is 0 Å². The Morgan fingerprint density at radius 2 is 1.46 bits per heavy atom. The summed E-state index contributed by atoms with van der Waals surface area (Å²) in [5.41, 5.74) is 4.29. The van der Waals surface area contributed by atoms with E-state index in [9.17, 15) is 0 Å². The van der Waals surface area contributed by atoms with Gasteiger partial charge in [-0.2, -0.15) is 0 Å². The summed E-state index contributed by atoms with van der Waals surface area (Å²) in [5.74, 6) is 0. The zero-order valence-corrected chi connectivity index (χ0v) is 15.9. The third kappa shape index (κ3) is 4.24. The summed E-state index contributed by atoms with van der Waals surface area (Å²) in [6.45, 7) is 7.34. The first-order valence-electron chi connectivity index (χ1n) is 8.74. The van der Waals surface area contributed by atoms with Crippen molar-refractivity contribution in [1.82, 2.24) is 0 Å². The van der Waals surface area contributed by atoms with Crippen molar-refractivity contribution in [3.05, 3.63) is 90.0 Å². The van der Waals surface area contributed by atoms with E-state index in [1.165, 1.54) is 33.5 Å². The molecule has 0 atom stereocenters. The summed E-state index contributed by atoms with van der Waals surface area (Å²) < 4.78 is 0. The van der Waals surface area contributed by atoms with Crippen LogP contribution in [0.3, 0.4) is 0 Å². The van der Waals surface area contributed by atoms with E-state index >= 15 is 0 Å². The van der Waals surface area contributed by atoms with Gasteiger partial charge in [0.25, 0.3) is 0 Å². The fraction of sp³-hybridized carbons (Fsp3) is 0.217. The Balaban J connectivity index is 1.95. The molecule has 0 unspecified atom stereocenters. The van der Waals surface area contributed by atoms with Crippen LogP contribution in [0.5, 0.6) is 0 Å². The van der Waals surface area contributed by atoms with Crippen LogP contribution < -0.4 is 0 Å². The van der Waals surface area contributed by atoms with Crippen molar-refractivity contribution >= 4 is 24.4 Å². The number of allylic oxidation sites excluding steroid dienone is 2. The molecule has 0 spiro atoms. The molecule has 1 heteroatoms. The van der Waals surface area contributed by atoms with Gasteiger partial charge in [-0.05, 0) is 39.9 Å². The van der Waals surface area contributed by atoms with Crippen LogP contribution in [0, 0.1) is 0 Å². The maximum Gasteiger partial charge on any atom is 0.0487 e. The van der Waals surface area contributed by atoms with E-state index in [1.807, 2.05) is 0 Å². The zero-order chi connectivity index (χ0) is 17.0. The molecule has 24 heavy (non-hydrogen) atoms. The lowest BCUT2D eigenvalue weighted by atomic mass is 9.99. The maximum atomic E-state index is 2.45. The van der Waals surface area contributed by atoms with Gasteiger partial charge in [0.15, 0.2) is 0 Å². The normalized spacial score (nSPS) is 12.5. The highest BCUT2D eigenvalue weighted by Gasteiger charge is 2.16. The van der Waals surface area contributed by atoms with Crippen molar-refractivity contribution in [3.63, 3.8) is 0 Å². The molecular formula is C23H26Si. The van der Waals surface area contributed by atoms with Gasteiger partial charge in [-0.15, -0.1) is 0 Å². The van der Waals surface area contributed by atoms with Gasteiger partial charge in [0, 0.05) is 8.07 Å². The predicted molar refractivity (Wildman–Crippen MR) is 110 cm³/mol. The number of benzene rings is 3. The fourth-order valence-corrected chi connectivity index (χ4v) is 4.71. The average Bonchev–Trinajstić information content (AvgIpc) is 2.58. The lowest BCUT2D eigenvalue weighted by Gasteiger charge is -2.19. The number of hydrogen-bond donors (Lipinski definition) is 0. The third-order valence-electron chi connectivity index (χ3n) is 4.31. The van der Waals surface area contributed by atoms with Crippen LogP contribution in [0.2, 0.25) is 25.7 Å². The lowest BCUT2D eigenvalue weighted by molar-refractivity contribution is 1.29. The summed E-state index contributed by atoms with van der Waals surface area (Å²) in [7, 11) is -1.16. The quantitative estimate of drug-likeness (QED) is 0.451. The molecule has 3 aromatic rings. The van der Waals surface area contributed by atoms with E-state index < -0.39 is 8.07 Å². The zero-order valence-electron chi connectivity index (χ0n) is 14.9. The second kappa shape index (κ2) is 7.19. The van der Waals surface area contributed by atoms with Gasteiger partial charge in [0.1, 0.15) is 0 Å². The minimum absolute atomic E-state index is 0.996. The summed E-state index contributed by atoms with van der Waals surface area (Å²) in [5, 5.41) is 2.70. The van der Waals surface area contributed by atoms with Crippen LogP contribution >= 0.6 is 0 Å². The van der Waals surface area contributed by atoms with E-state index in [0.29, 0.717) is 0 Å². The van der Waals surface area contributed by atoms with Crippen molar-refractivity contribution in [2.45, 2.75) is 32.1 Å². The minimum Gasteiger partial charge on any atom is -0.0766 e. The molecule has 0 aliphatic heterocycles. The summed E-state index contributed by atoms with van der Waals surface area (Å²) in [6, 6.07) is 27.4. The smallest absolute Gasteiger partial charge is 0.0487 e. The van der Waals surface area contributed by atoms with Crippen LogP contribution in [0.25, 0.3) is 16.3 Å². The molecule has 0 saturated carbocycles. The Morgan fingerprint density at radius 3 is 2.21 bits per heavy atom. The maximum absolute atomic E-state index is 2.45. The Bertz CT molecular complexity index is 833. The molecule has 122 valence electrons. The molecule has 0 saturated heterocycles. The molecule has 0 aliphatic carbocycles.